The van der Waals surface area contributed by atoms with Crippen molar-refractivity contribution >= 4 is 24.3 Å². The van der Waals surface area contributed by atoms with Crippen molar-refractivity contribution in [3.63, 3.8) is 0 Å². The third-order valence-electron chi connectivity index (χ3n) is 3.80. The van der Waals surface area contributed by atoms with Gasteiger partial charge in [0, 0.05) is 45.7 Å². The minimum atomic E-state index is -0.172. The molecule has 7 heteroatoms. The third kappa shape index (κ3) is 6.08. The smallest absolute Gasteiger partial charge is 0.317 e. The van der Waals surface area contributed by atoms with Crippen LogP contribution in [0.3, 0.4) is 0 Å². The monoisotopic (exact) mass is 340 g/mol. The molecule has 3 N–H and O–H groups in total. The highest BCUT2D eigenvalue weighted by Crippen LogP contribution is 2.08. The van der Waals surface area contributed by atoms with Crippen molar-refractivity contribution in [2.24, 2.45) is 5.73 Å². The van der Waals surface area contributed by atoms with E-state index in [9.17, 15) is 9.59 Å². The molecular formula is C16H25ClN4O2. The number of nitrogens with two attached hydrogens (primary N) is 1. The summed E-state index contributed by atoms with van der Waals surface area (Å²) < 4.78 is 0. The van der Waals surface area contributed by atoms with Crippen LogP contribution in [-0.4, -0.2) is 54.5 Å². The second-order valence-corrected chi connectivity index (χ2v) is 5.71. The molecule has 1 aliphatic rings. The average molecular weight is 341 g/mol. The number of carbonyl (C=O) groups is 2. The first-order chi connectivity index (χ1) is 10.6. The molecule has 1 aromatic rings. The first-order valence-electron chi connectivity index (χ1n) is 7.62. The summed E-state index contributed by atoms with van der Waals surface area (Å²) in [4.78, 5) is 27.3. The van der Waals surface area contributed by atoms with Gasteiger partial charge in [0.05, 0.1) is 0 Å². The van der Waals surface area contributed by atoms with Gasteiger partial charge in [0.15, 0.2) is 0 Å². The summed E-state index contributed by atoms with van der Waals surface area (Å²) in [6.45, 7) is 2.24. The molecule has 128 valence electrons. The van der Waals surface area contributed by atoms with Gasteiger partial charge in [-0.3, -0.25) is 4.79 Å². The maximum Gasteiger partial charge on any atom is 0.317 e. The van der Waals surface area contributed by atoms with Crippen LogP contribution in [0.15, 0.2) is 30.3 Å². The summed E-state index contributed by atoms with van der Waals surface area (Å²) in [7, 11) is 1.74. The standard InChI is InChI=1S/C16H24N4O2.ClH/c1-19(11-13-5-3-2-4-6-13)16(22)18-9-7-15(21)20-10-8-14(17)12-20;/h2-6,14H,7-12,17H2,1H3,(H,18,22);1H/t14-;/m1./s1. The minimum Gasteiger partial charge on any atom is -0.341 e. The van der Waals surface area contributed by atoms with E-state index in [1.807, 2.05) is 30.3 Å². The van der Waals surface area contributed by atoms with Crippen LogP contribution in [-0.2, 0) is 11.3 Å². The highest BCUT2D eigenvalue weighted by molar-refractivity contribution is 5.85. The van der Waals surface area contributed by atoms with Crippen LogP contribution in [0.25, 0.3) is 0 Å². The summed E-state index contributed by atoms with van der Waals surface area (Å²) in [6, 6.07) is 9.71. The Kier molecular flexibility index (Phi) is 7.85. The SMILES string of the molecule is CN(Cc1ccccc1)C(=O)NCCC(=O)N1CC[C@@H](N)C1.Cl. The normalized spacial score (nSPS) is 16.6. The Morgan fingerprint density at radius 3 is 2.65 bits per heavy atom. The molecule has 1 saturated heterocycles. The minimum absolute atomic E-state index is 0. The lowest BCUT2D eigenvalue weighted by molar-refractivity contribution is -0.130. The predicted octanol–water partition coefficient (Wildman–Crippen LogP) is 1.20. The van der Waals surface area contributed by atoms with Gasteiger partial charge < -0.3 is 20.9 Å². The Balaban J connectivity index is 0.00000264. The molecular weight excluding hydrogens is 316 g/mol. The molecule has 23 heavy (non-hydrogen) atoms. The number of rotatable bonds is 5. The van der Waals surface area contributed by atoms with Gasteiger partial charge >= 0.3 is 6.03 Å². The molecule has 1 atom stereocenters. The molecule has 3 amide bonds. The lowest BCUT2D eigenvalue weighted by atomic mass is 10.2. The topological polar surface area (TPSA) is 78.7 Å². The number of nitrogens with zero attached hydrogens (tertiary/aromatic N) is 2. The summed E-state index contributed by atoms with van der Waals surface area (Å²) in [6.07, 6.45) is 1.18. The largest absolute Gasteiger partial charge is 0.341 e. The number of hydrogen-bond donors (Lipinski definition) is 2. The number of urea groups is 1. The quantitative estimate of drug-likeness (QED) is 0.845. The van der Waals surface area contributed by atoms with Crippen molar-refractivity contribution in [1.82, 2.24) is 15.1 Å². The molecule has 0 aromatic heterocycles. The lowest BCUT2D eigenvalue weighted by Crippen LogP contribution is -2.39. The zero-order valence-electron chi connectivity index (χ0n) is 13.4. The van der Waals surface area contributed by atoms with Gasteiger partial charge in [-0.2, -0.15) is 0 Å². The second kappa shape index (κ2) is 9.37. The van der Waals surface area contributed by atoms with Crippen LogP contribution in [0.5, 0.6) is 0 Å². The highest BCUT2D eigenvalue weighted by atomic mass is 35.5. The molecule has 1 fully saturated rings. The molecule has 0 saturated carbocycles. The van der Waals surface area contributed by atoms with E-state index in [2.05, 4.69) is 5.32 Å². The van der Waals surface area contributed by atoms with Crippen molar-refractivity contribution in [3.05, 3.63) is 35.9 Å². The van der Waals surface area contributed by atoms with Gasteiger partial charge in [0.1, 0.15) is 0 Å². The van der Waals surface area contributed by atoms with Crippen LogP contribution >= 0.6 is 12.4 Å². The number of likely N-dealkylation sites (tertiary alicyclic amines) is 1. The Bertz CT molecular complexity index is 512. The molecule has 2 rings (SSSR count). The van der Waals surface area contributed by atoms with E-state index in [-0.39, 0.29) is 30.4 Å². The zero-order valence-corrected chi connectivity index (χ0v) is 14.2. The molecule has 0 radical (unpaired) electrons. The van der Waals surface area contributed by atoms with E-state index in [0.29, 0.717) is 26.1 Å². The Morgan fingerprint density at radius 1 is 1.35 bits per heavy atom. The Hall–Kier alpha value is -1.79. The molecule has 1 heterocycles. The van der Waals surface area contributed by atoms with Crippen LogP contribution < -0.4 is 11.1 Å². The van der Waals surface area contributed by atoms with Gasteiger partial charge in [-0.25, -0.2) is 4.79 Å². The van der Waals surface area contributed by atoms with Crippen molar-refractivity contribution < 1.29 is 9.59 Å². The number of hydrogen-bond acceptors (Lipinski definition) is 3. The maximum absolute atomic E-state index is 12.0. The third-order valence-corrected chi connectivity index (χ3v) is 3.80. The lowest BCUT2D eigenvalue weighted by Gasteiger charge is -2.19. The van der Waals surface area contributed by atoms with Gasteiger partial charge in [-0.05, 0) is 12.0 Å². The number of benzene rings is 1. The van der Waals surface area contributed by atoms with Crippen LogP contribution in [0.2, 0.25) is 0 Å². The van der Waals surface area contributed by atoms with Gasteiger partial charge in [-0.15, -0.1) is 12.4 Å². The van der Waals surface area contributed by atoms with Gasteiger partial charge in [-0.1, -0.05) is 30.3 Å². The highest BCUT2D eigenvalue weighted by Gasteiger charge is 2.23. The van der Waals surface area contributed by atoms with Crippen LogP contribution in [0, 0.1) is 0 Å². The van der Waals surface area contributed by atoms with E-state index < -0.39 is 0 Å². The van der Waals surface area contributed by atoms with E-state index >= 15 is 0 Å². The summed E-state index contributed by atoms with van der Waals surface area (Å²) >= 11 is 0. The fourth-order valence-electron chi connectivity index (χ4n) is 2.51. The number of nitrogens with one attached hydrogen (secondary N) is 1. The van der Waals surface area contributed by atoms with Crippen molar-refractivity contribution in [2.45, 2.75) is 25.4 Å². The van der Waals surface area contributed by atoms with E-state index in [0.717, 1.165) is 18.5 Å². The van der Waals surface area contributed by atoms with E-state index in [1.165, 1.54) is 0 Å². The predicted molar refractivity (Wildman–Crippen MR) is 92.3 cm³/mol. The van der Waals surface area contributed by atoms with Gasteiger partial charge in [0.25, 0.3) is 0 Å². The molecule has 0 aliphatic carbocycles. The first kappa shape index (κ1) is 19.3. The number of carbonyl (C=O) groups excluding carboxylic acids is 2. The summed E-state index contributed by atoms with van der Waals surface area (Å²) in [5.74, 6) is 0.0546. The maximum atomic E-state index is 12.0. The second-order valence-electron chi connectivity index (χ2n) is 5.71. The Morgan fingerprint density at radius 2 is 2.04 bits per heavy atom. The average Bonchev–Trinajstić information content (AvgIpc) is 2.94. The number of halogens is 1. The molecule has 0 spiro atoms. The molecule has 0 unspecified atom stereocenters. The van der Waals surface area contributed by atoms with Crippen LogP contribution in [0.4, 0.5) is 4.79 Å². The molecule has 1 aromatic carbocycles. The van der Waals surface area contributed by atoms with Crippen LogP contribution in [0.1, 0.15) is 18.4 Å². The fraction of sp³-hybridized carbons (Fsp3) is 0.500. The molecule has 0 bridgehead atoms. The van der Waals surface area contributed by atoms with Crippen molar-refractivity contribution in [3.8, 4) is 0 Å². The summed E-state index contributed by atoms with van der Waals surface area (Å²) in [5.41, 5.74) is 6.85. The van der Waals surface area contributed by atoms with Crippen molar-refractivity contribution in [2.75, 3.05) is 26.7 Å². The fourth-order valence-corrected chi connectivity index (χ4v) is 2.51. The van der Waals surface area contributed by atoms with E-state index in [1.54, 1.807) is 16.8 Å². The van der Waals surface area contributed by atoms with Crippen molar-refractivity contribution in [1.29, 1.82) is 0 Å². The van der Waals surface area contributed by atoms with E-state index in [4.69, 9.17) is 5.73 Å². The molecule has 6 nitrogen and oxygen atoms in total. The Labute approximate surface area is 143 Å². The number of amides is 3. The summed E-state index contributed by atoms with van der Waals surface area (Å²) in [5, 5.41) is 2.78. The molecule has 1 aliphatic heterocycles. The zero-order chi connectivity index (χ0) is 15.9. The first-order valence-corrected chi connectivity index (χ1v) is 7.62. The van der Waals surface area contributed by atoms with Gasteiger partial charge in [0.2, 0.25) is 5.91 Å².